The number of aromatic amines is 1. The first-order chi connectivity index (χ1) is 5.36. The number of fused-ring (bicyclic) bond motifs is 1. The van der Waals surface area contributed by atoms with Gasteiger partial charge in [-0.1, -0.05) is 0 Å². The van der Waals surface area contributed by atoms with Gasteiger partial charge in [-0.2, -0.15) is 0 Å². The molecule has 11 heavy (non-hydrogen) atoms. The lowest BCUT2D eigenvalue weighted by molar-refractivity contribution is 0.797. The van der Waals surface area contributed by atoms with Crippen molar-refractivity contribution in [2.75, 3.05) is 11.9 Å². The molecule has 0 saturated carbocycles. The molecule has 3 nitrogen and oxygen atoms in total. The van der Waals surface area contributed by atoms with E-state index >= 15 is 0 Å². The van der Waals surface area contributed by atoms with Crippen LogP contribution in [0.25, 0.3) is 0 Å². The van der Waals surface area contributed by atoms with Crippen LogP contribution in [-0.4, -0.2) is 11.5 Å². The van der Waals surface area contributed by atoms with Gasteiger partial charge in [-0.3, -0.25) is 4.79 Å². The van der Waals surface area contributed by atoms with E-state index in [0.29, 0.717) is 0 Å². The molecular weight excluding hydrogens is 140 g/mol. The van der Waals surface area contributed by atoms with Crippen molar-refractivity contribution in [3.05, 3.63) is 28.2 Å². The SMILES string of the molecule is O=c1ccc2c([nH]1)CCCN2. The van der Waals surface area contributed by atoms with E-state index in [1.807, 2.05) is 6.07 Å². The fourth-order valence-electron chi connectivity index (χ4n) is 1.37. The van der Waals surface area contributed by atoms with E-state index in [2.05, 4.69) is 10.3 Å². The summed E-state index contributed by atoms with van der Waals surface area (Å²) < 4.78 is 0. The van der Waals surface area contributed by atoms with Crippen molar-refractivity contribution < 1.29 is 0 Å². The normalized spacial score (nSPS) is 15.3. The number of anilines is 1. The Hall–Kier alpha value is -1.25. The molecule has 0 saturated heterocycles. The Morgan fingerprint density at radius 1 is 1.36 bits per heavy atom. The van der Waals surface area contributed by atoms with Crippen LogP contribution in [0.4, 0.5) is 5.69 Å². The number of rotatable bonds is 0. The Labute approximate surface area is 64.5 Å². The number of hydrogen-bond acceptors (Lipinski definition) is 2. The van der Waals surface area contributed by atoms with Crippen LogP contribution in [0.15, 0.2) is 16.9 Å². The molecule has 1 aromatic heterocycles. The van der Waals surface area contributed by atoms with Crippen molar-refractivity contribution in [3.8, 4) is 0 Å². The van der Waals surface area contributed by atoms with E-state index in [4.69, 9.17) is 0 Å². The van der Waals surface area contributed by atoms with Gasteiger partial charge in [0.2, 0.25) is 5.56 Å². The predicted molar refractivity (Wildman–Crippen MR) is 43.9 cm³/mol. The summed E-state index contributed by atoms with van der Waals surface area (Å²) in [6.07, 6.45) is 2.09. The second-order valence-electron chi connectivity index (χ2n) is 2.75. The Kier molecular flexibility index (Phi) is 1.42. The molecule has 0 aliphatic carbocycles. The van der Waals surface area contributed by atoms with Crippen molar-refractivity contribution in [1.82, 2.24) is 4.98 Å². The summed E-state index contributed by atoms with van der Waals surface area (Å²) in [7, 11) is 0. The molecule has 0 fully saturated rings. The highest BCUT2D eigenvalue weighted by atomic mass is 16.1. The fraction of sp³-hybridized carbons (Fsp3) is 0.375. The van der Waals surface area contributed by atoms with Gasteiger partial charge in [-0.25, -0.2) is 0 Å². The second-order valence-corrected chi connectivity index (χ2v) is 2.75. The summed E-state index contributed by atoms with van der Waals surface area (Å²) in [6, 6.07) is 3.39. The number of H-pyrrole nitrogens is 1. The number of pyridine rings is 1. The smallest absolute Gasteiger partial charge is 0.248 e. The number of aromatic nitrogens is 1. The minimum atomic E-state index is -0.00699. The van der Waals surface area contributed by atoms with Crippen molar-refractivity contribution >= 4 is 5.69 Å². The lowest BCUT2D eigenvalue weighted by Gasteiger charge is -2.16. The summed E-state index contributed by atoms with van der Waals surface area (Å²) in [6.45, 7) is 1.01. The molecule has 0 atom stereocenters. The summed E-state index contributed by atoms with van der Waals surface area (Å²) >= 11 is 0. The maximum atomic E-state index is 10.9. The van der Waals surface area contributed by atoms with Crippen LogP contribution in [0.3, 0.4) is 0 Å². The molecule has 1 aliphatic heterocycles. The Morgan fingerprint density at radius 2 is 2.27 bits per heavy atom. The van der Waals surface area contributed by atoms with Crippen LogP contribution in [0.5, 0.6) is 0 Å². The molecule has 0 radical (unpaired) electrons. The molecule has 0 bridgehead atoms. The van der Waals surface area contributed by atoms with Crippen LogP contribution < -0.4 is 10.9 Å². The van der Waals surface area contributed by atoms with Gasteiger partial charge in [0.15, 0.2) is 0 Å². The third kappa shape index (κ3) is 1.13. The molecular formula is C8H10N2O. The highest BCUT2D eigenvalue weighted by molar-refractivity contribution is 5.48. The van der Waals surface area contributed by atoms with Crippen molar-refractivity contribution in [2.45, 2.75) is 12.8 Å². The molecule has 1 aromatic rings. The monoisotopic (exact) mass is 150 g/mol. The number of hydrogen-bond donors (Lipinski definition) is 2. The molecule has 58 valence electrons. The van der Waals surface area contributed by atoms with Gasteiger partial charge >= 0.3 is 0 Å². The molecule has 2 heterocycles. The van der Waals surface area contributed by atoms with Crippen LogP contribution in [0.1, 0.15) is 12.1 Å². The maximum Gasteiger partial charge on any atom is 0.248 e. The van der Waals surface area contributed by atoms with E-state index in [1.165, 1.54) is 0 Å². The molecule has 0 amide bonds. The van der Waals surface area contributed by atoms with E-state index in [1.54, 1.807) is 6.07 Å². The second kappa shape index (κ2) is 2.42. The highest BCUT2D eigenvalue weighted by Gasteiger charge is 2.07. The van der Waals surface area contributed by atoms with Crippen LogP contribution in [0, 0.1) is 0 Å². The lowest BCUT2D eigenvalue weighted by Crippen LogP contribution is -2.17. The average molecular weight is 150 g/mol. The Bertz CT molecular complexity index is 316. The van der Waals surface area contributed by atoms with Crippen LogP contribution >= 0.6 is 0 Å². The van der Waals surface area contributed by atoms with Gasteiger partial charge in [-0.05, 0) is 18.9 Å². The van der Waals surface area contributed by atoms with E-state index < -0.39 is 0 Å². The van der Waals surface area contributed by atoms with Gasteiger partial charge in [0, 0.05) is 18.3 Å². The van der Waals surface area contributed by atoms with E-state index in [0.717, 1.165) is 30.8 Å². The van der Waals surface area contributed by atoms with E-state index in [9.17, 15) is 4.79 Å². The van der Waals surface area contributed by atoms with Gasteiger partial charge in [0.25, 0.3) is 0 Å². The Balaban J connectivity index is 2.51. The van der Waals surface area contributed by atoms with Gasteiger partial charge in [-0.15, -0.1) is 0 Å². The molecule has 1 aliphatic rings. The average Bonchev–Trinajstić information content (AvgIpc) is 2.04. The number of aryl methyl sites for hydroxylation is 1. The van der Waals surface area contributed by atoms with Crippen LogP contribution in [0.2, 0.25) is 0 Å². The zero-order valence-corrected chi connectivity index (χ0v) is 6.18. The third-order valence-electron chi connectivity index (χ3n) is 1.92. The first-order valence-corrected chi connectivity index (χ1v) is 3.82. The first-order valence-electron chi connectivity index (χ1n) is 3.82. The zero-order chi connectivity index (χ0) is 7.68. The molecule has 0 aromatic carbocycles. The van der Waals surface area contributed by atoms with Crippen molar-refractivity contribution in [3.63, 3.8) is 0 Å². The van der Waals surface area contributed by atoms with Crippen molar-refractivity contribution in [2.24, 2.45) is 0 Å². The minimum Gasteiger partial charge on any atom is -0.384 e. The summed E-state index contributed by atoms with van der Waals surface area (Å²) in [4.78, 5) is 13.7. The highest BCUT2D eigenvalue weighted by Crippen LogP contribution is 2.16. The van der Waals surface area contributed by atoms with Gasteiger partial charge < -0.3 is 10.3 Å². The molecule has 2 rings (SSSR count). The molecule has 2 N–H and O–H groups in total. The summed E-state index contributed by atoms with van der Waals surface area (Å²) in [5.74, 6) is 0. The molecule has 0 unspecified atom stereocenters. The number of nitrogens with one attached hydrogen (secondary N) is 2. The lowest BCUT2D eigenvalue weighted by atomic mass is 10.1. The Morgan fingerprint density at radius 3 is 3.18 bits per heavy atom. The first kappa shape index (κ1) is 6.46. The van der Waals surface area contributed by atoms with Gasteiger partial charge in [0.1, 0.15) is 0 Å². The minimum absolute atomic E-state index is 0.00699. The largest absolute Gasteiger partial charge is 0.384 e. The summed E-state index contributed by atoms with van der Waals surface area (Å²) in [5.41, 5.74) is 2.12. The standard InChI is InChI=1S/C8H10N2O/c11-8-4-3-6-7(10-8)2-1-5-9-6/h3-4,9H,1-2,5H2,(H,10,11). The van der Waals surface area contributed by atoms with E-state index in [-0.39, 0.29) is 5.56 Å². The van der Waals surface area contributed by atoms with Crippen molar-refractivity contribution in [1.29, 1.82) is 0 Å². The topological polar surface area (TPSA) is 44.9 Å². The van der Waals surface area contributed by atoms with Crippen LogP contribution in [-0.2, 0) is 6.42 Å². The molecule has 0 spiro atoms. The third-order valence-corrected chi connectivity index (χ3v) is 1.92. The predicted octanol–water partition coefficient (Wildman–Crippen LogP) is 0.733. The maximum absolute atomic E-state index is 10.9. The van der Waals surface area contributed by atoms with Gasteiger partial charge in [0.05, 0.1) is 5.69 Å². The fourth-order valence-corrected chi connectivity index (χ4v) is 1.37. The zero-order valence-electron chi connectivity index (χ0n) is 6.18. The summed E-state index contributed by atoms with van der Waals surface area (Å²) in [5, 5.41) is 3.22. The molecule has 3 heteroatoms. The quantitative estimate of drug-likeness (QED) is 0.572.